The van der Waals surface area contributed by atoms with Gasteiger partial charge in [-0.05, 0) is 23.7 Å². The zero-order valence-electron chi connectivity index (χ0n) is 6.99. The fourth-order valence-electron chi connectivity index (χ4n) is 0.850. The summed E-state index contributed by atoms with van der Waals surface area (Å²) in [5, 5.41) is -0.307. The van der Waals surface area contributed by atoms with Crippen LogP contribution >= 0.6 is 11.6 Å². The van der Waals surface area contributed by atoms with Crippen LogP contribution in [0.2, 0.25) is 5.22 Å². The molecule has 8 heteroatoms. The van der Waals surface area contributed by atoms with E-state index in [-0.39, 0.29) is 5.22 Å². The summed E-state index contributed by atoms with van der Waals surface area (Å²) < 4.78 is 65.3. The topological polar surface area (TPSA) is 39.2 Å². The molecule has 0 aliphatic rings. The Bertz CT molecular complexity index is 347. The molecule has 0 aromatic carbocycles. The maximum Gasteiger partial charge on any atom is 0.455 e. The molecule has 1 atom stereocenters. The van der Waals surface area contributed by atoms with Crippen molar-refractivity contribution in [1.82, 2.24) is 0 Å². The first-order chi connectivity index (χ1) is 6.66. The third-order valence-corrected chi connectivity index (χ3v) is 1.87. The molecule has 1 heterocycles. The second kappa shape index (κ2) is 3.64. The smallest absolute Gasteiger partial charge is 0.448 e. The zero-order valence-corrected chi connectivity index (χ0v) is 7.74. The average molecular weight is 250 g/mol. The highest BCUT2D eigenvalue weighted by atomic mass is 35.5. The Balaban J connectivity index is 2.99. The number of hydrogen-bond acceptors (Lipinski definition) is 2. The summed E-state index contributed by atoms with van der Waals surface area (Å²) >= 11 is 5.22. The highest BCUT2D eigenvalue weighted by Crippen LogP contribution is 2.43. The normalized spacial score (nSPS) is 15.4. The van der Waals surface area contributed by atoms with Gasteiger partial charge in [-0.3, -0.25) is 0 Å². The molecule has 1 aromatic heterocycles. The van der Waals surface area contributed by atoms with Gasteiger partial charge in [0.2, 0.25) is 0 Å². The van der Waals surface area contributed by atoms with E-state index >= 15 is 0 Å². The molecule has 15 heavy (non-hydrogen) atoms. The number of halogens is 6. The quantitative estimate of drug-likeness (QED) is 0.818. The van der Waals surface area contributed by atoms with E-state index in [4.69, 9.17) is 17.3 Å². The number of rotatable bonds is 2. The van der Waals surface area contributed by atoms with Crippen LogP contribution in [-0.2, 0) is 0 Å². The lowest BCUT2D eigenvalue weighted by atomic mass is 10.1. The SMILES string of the molecule is N[C@H](c1ccc(Cl)o1)C(F)(F)C(F)(F)F. The molecule has 0 aliphatic heterocycles. The summed E-state index contributed by atoms with van der Waals surface area (Å²) in [6.45, 7) is 0. The molecule has 0 saturated heterocycles. The molecule has 0 radical (unpaired) electrons. The number of alkyl halides is 5. The fraction of sp³-hybridized carbons (Fsp3) is 0.429. The Kier molecular flexibility index (Phi) is 2.97. The lowest BCUT2D eigenvalue weighted by molar-refractivity contribution is -0.292. The van der Waals surface area contributed by atoms with Crippen molar-refractivity contribution in [3.8, 4) is 0 Å². The molecule has 0 spiro atoms. The van der Waals surface area contributed by atoms with Gasteiger partial charge in [0.15, 0.2) is 5.22 Å². The summed E-state index contributed by atoms with van der Waals surface area (Å²) in [5.74, 6) is -5.78. The van der Waals surface area contributed by atoms with Crippen molar-refractivity contribution < 1.29 is 26.4 Å². The van der Waals surface area contributed by atoms with Crippen molar-refractivity contribution in [3.63, 3.8) is 0 Å². The van der Waals surface area contributed by atoms with E-state index in [1.165, 1.54) is 0 Å². The molecule has 0 fully saturated rings. The summed E-state index contributed by atoms with van der Waals surface area (Å²) in [7, 11) is 0. The van der Waals surface area contributed by atoms with E-state index in [1.54, 1.807) is 0 Å². The molecular weight excluding hydrogens is 245 g/mol. The Hall–Kier alpha value is -0.820. The van der Waals surface area contributed by atoms with Crippen LogP contribution in [0.3, 0.4) is 0 Å². The summed E-state index contributed by atoms with van der Waals surface area (Å²) in [6.07, 6.45) is -5.73. The monoisotopic (exact) mass is 249 g/mol. The standard InChI is InChI=1S/C7H5ClF5NO/c8-4-2-1-3(15-4)5(14)6(9,10)7(11,12)13/h1-2,5H,14H2/t5-/m1/s1. The Labute approximate surface area is 85.8 Å². The average Bonchev–Trinajstić information content (AvgIpc) is 2.48. The Morgan fingerprint density at radius 3 is 2.07 bits per heavy atom. The van der Waals surface area contributed by atoms with Crippen LogP contribution in [0.25, 0.3) is 0 Å². The Morgan fingerprint density at radius 1 is 1.20 bits per heavy atom. The van der Waals surface area contributed by atoms with E-state index in [2.05, 4.69) is 4.42 Å². The maximum atomic E-state index is 12.7. The van der Waals surface area contributed by atoms with E-state index in [1.807, 2.05) is 0 Å². The maximum absolute atomic E-state index is 12.7. The van der Waals surface area contributed by atoms with Crippen molar-refractivity contribution in [2.24, 2.45) is 5.73 Å². The van der Waals surface area contributed by atoms with Gasteiger partial charge >= 0.3 is 12.1 Å². The van der Waals surface area contributed by atoms with E-state index in [0.717, 1.165) is 12.1 Å². The summed E-state index contributed by atoms with van der Waals surface area (Å²) in [4.78, 5) is 0. The van der Waals surface area contributed by atoms with Gasteiger partial charge in [0.1, 0.15) is 11.8 Å². The molecule has 1 rings (SSSR count). The second-order valence-corrected chi connectivity index (χ2v) is 3.11. The molecule has 1 aromatic rings. The van der Waals surface area contributed by atoms with Crippen molar-refractivity contribution >= 4 is 11.6 Å². The predicted octanol–water partition coefficient (Wildman–Crippen LogP) is 3.13. The molecule has 2 nitrogen and oxygen atoms in total. The first-order valence-corrected chi connectivity index (χ1v) is 3.99. The van der Waals surface area contributed by atoms with E-state index in [0.29, 0.717) is 0 Å². The lowest BCUT2D eigenvalue weighted by Gasteiger charge is -2.23. The molecule has 0 bridgehead atoms. The minimum absolute atomic E-state index is 0.307. The third kappa shape index (κ3) is 2.23. The zero-order chi connectivity index (χ0) is 11.9. The van der Waals surface area contributed by atoms with Gasteiger partial charge in [-0.1, -0.05) is 0 Å². The fourth-order valence-corrected chi connectivity index (χ4v) is 1.00. The summed E-state index contributed by atoms with van der Waals surface area (Å²) in [6, 6.07) is -0.708. The van der Waals surface area contributed by atoms with Crippen molar-refractivity contribution in [2.45, 2.75) is 18.1 Å². The Morgan fingerprint density at radius 2 is 1.73 bits per heavy atom. The molecule has 2 N–H and O–H groups in total. The van der Waals surface area contributed by atoms with E-state index < -0.39 is 23.9 Å². The van der Waals surface area contributed by atoms with Crippen molar-refractivity contribution in [3.05, 3.63) is 23.1 Å². The van der Waals surface area contributed by atoms with Crippen LogP contribution in [0.1, 0.15) is 11.8 Å². The van der Waals surface area contributed by atoms with Crippen LogP contribution in [0.4, 0.5) is 22.0 Å². The van der Waals surface area contributed by atoms with Crippen LogP contribution in [0.5, 0.6) is 0 Å². The van der Waals surface area contributed by atoms with Gasteiger partial charge in [-0.2, -0.15) is 22.0 Å². The van der Waals surface area contributed by atoms with Crippen molar-refractivity contribution in [1.29, 1.82) is 0 Å². The predicted molar refractivity (Wildman–Crippen MR) is 41.6 cm³/mol. The van der Waals surface area contributed by atoms with Crippen LogP contribution in [-0.4, -0.2) is 12.1 Å². The minimum atomic E-state index is -5.73. The van der Waals surface area contributed by atoms with Gasteiger partial charge in [0, 0.05) is 0 Å². The van der Waals surface area contributed by atoms with Gasteiger partial charge in [0.25, 0.3) is 0 Å². The van der Waals surface area contributed by atoms with Crippen molar-refractivity contribution in [2.75, 3.05) is 0 Å². The highest BCUT2D eigenvalue weighted by Gasteiger charge is 2.62. The van der Waals surface area contributed by atoms with E-state index in [9.17, 15) is 22.0 Å². The number of nitrogens with two attached hydrogens (primary N) is 1. The molecule has 86 valence electrons. The van der Waals surface area contributed by atoms with Gasteiger partial charge < -0.3 is 10.2 Å². The van der Waals surface area contributed by atoms with Crippen LogP contribution in [0.15, 0.2) is 16.5 Å². The molecule has 0 unspecified atom stereocenters. The van der Waals surface area contributed by atoms with Gasteiger partial charge in [0.05, 0.1) is 0 Å². The number of hydrogen-bond donors (Lipinski definition) is 1. The van der Waals surface area contributed by atoms with Gasteiger partial charge in [-0.15, -0.1) is 0 Å². The first-order valence-electron chi connectivity index (χ1n) is 3.61. The molecular formula is C7H5ClF5NO. The third-order valence-electron chi connectivity index (χ3n) is 1.67. The molecule has 0 amide bonds. The molecule has 0 saturated carbocycles. The molecule has 0 aliphatic carbocycles. The first kappa shape index (κ1) is 12.3. The second-order valence-electron chi connectivity index (χ2n) is 2.74. The summed E-state index contributed by atoms with van der Waals surface area (Å²) in [5.41, 5.74) is 4.75. The van der Waals surface area contributed by atoms with Crippen LogP contribution in [0, 0.1) is 0 Å². The largest absolute Gasteiger partial charge is 0.455 e. The lowest BCUT2D eigenvalue weighted by Crippen LogP contribution is -2.45. The number of furan rings is 1. The highest BCUT2D eigenvalue weighted by molar-refractivity contribution is 6.28. The van der Waals surface area contributed by atoms with Crippen LogP contribution < -0.4 is 5.73 Å². The van der Waals surface area contributed by atoms with Gasteiger partial charge in [-0.25, -0.2) is 0 Å². The minimum Gasteiger partial charge on any atom is -0.448 e.